The van der Waals surface area contributed by atoms with Crippen molar-refractivity contribution in [1.82, 2.24) is 0 Å². The molecule has 0 unspecified atom stereocenters. The summed E-state index contributed by atoms with van der Waals surface area (Å²) in [7, 11) is 1.60. The number of carbonyl (C=O) groups is 1. The lowest BCUT2D eigenvalue weighted by molar-refractivity contribution is 0.0985. The van der Waals surface area contributed by atoms with Gasteiger partial charge in [0.15, 0.2) is 0 Å². The van der Waals surface area contributed by atoms with Crippen molar-refractivity contribution >= 4 is 22.9 Å². The second-order valence-electron chi connectivity index (χ2n) is 5.63. The van der Waals surface area contributed by atoms with E-state index in [1.807, 2.05) is 60.8 Å². The molecule has 1 heterocycles. The summed E-state index contributed by atoms with van der Waals surface area (Å²) in [6, 6.07) is 18.9. The van der Waals surface area contributed by atoms with E-state index in [0.717, 1.165) is 16.3 Å². The van der Waals surface area contributed by atoms with Crippen LogP contribution in [0.25, 0.3) is 0 Å². The summed E-state index contributed by atoms with van der Waals surface area (Å²) in [4.78, 5) is 16.1. The number of methoxy groups -OCH3 is 1. The predicted octanol–water partition coefficient (Wildman–Crippen LogP) is 5.00. The minimum absolute atomic E-state index is 0.0681. The zero-order valence-electron chi connectivity index (χ0n) is 14.8. The Bertz CT molecular complexity index is 844. The van der Waals surface area contributed by atoms with E-state index in [9.17, 15) is 4.79 Å². The minimum atomic E-state index is -0.0681. The Morgan fingerprint density at radius 1 is 1.04 bits per heavy atom. The Morgan fingerprint density at radius 2 is 1.85 bits per heavy atom. The summed E-state index contributed by atoms with van der Waals surface area (Å²) in [6.07, 6.45) is 0. The summed E-state index contributed by atoms with van der Waals surface area (Å²) in [5.74, 6) is 1.39. The Labute approximate surface area is 157 Å². The fourth-order valence-electron chi connectivity index (χ4n) is 2.64. The van der Waals surface area contributed by atoms with Crippen molar-refractivity contribution in [1.29, 1.82) is 0 Å². The van der Waals surface area contributed by atoms with Gasteiger partial charge >= 0.3 is 0 Å². The highest BCUT2D eigenvalue weighted by molar-refractivity contribution is 7.09. The Balaban J connectivity index is 1.92. The van der Waals surface area contributed by atoms with Crippen molar-refractivity contribution < 1.29 is 14.3 Å². The molecule has 0 bridgehead atoms. The SMILES string of the molecule is CCOc1ccc(N(Cc2cccs2)C(=O)c2cccc(OC)c2)cc1. The number of hydrogen-bond acceptors (Lipinski definition) is 4. The van der Waals surface area contributed by atoms with E-state index >= 15 is 0 Å². The largest absolute Gasteiger partial charge is 0.497 e. The second kappa shape index (κ2) is 8.54. The Kier molecular flexibility index (Phi) is 5.92. The molecule has 0 saturated carbocycles. The number of nitrogens with zero attached hydrogens (tertiary/aromatic N) is 1. The van der Waals surface area contributed by atoms with Crippen molar-refractivity contribution in [3.8, 4) is 11.5 Å². The van der Waals surface area contributed by atoms with Crippen LogP contribution in [0.1, 0.15) is 22.2 Å². The van der Waals surface area contributed by atoms with Gasteiger partial charge in [0, 0.05) is 16.1 Å². The van der Waals surface area contributed by atoms with Crippen molar-refractivity contribution in [2.75, 3.05) is 18.6 Å². The number of hydrogen-bond donors (Lipinski definition) is 0. The van der Waals surface area contributed by atoms with E-state index in [4.69, 9.17) is 9.47 Å². The van der Waals surface area contributed by atoms with Crippen LogP contribution >= 0.6 is 11.3 Å². The van der Waals surface area contributed by atoms with E-state index in [-0.39, 0.29) is 5.91 Å². The summed E-state index contributed by atoms with van der Waals surface area (Å²) in [5.41, 5.74) is 1.42. The molecular weight excluding hydrogens is 346 g/mol. The number of rotatable bonds is 7. The van der Waals surface area contributed by atoms with Crippen LogP contribution in [0.15, 0.2) is 66.0 Å². The number of ether oxygens (including phenoxy) is 2. The summed E-state index contributed by atoms with van der Waals surface area (Å²) >= 11 is 1.63. The summed E-state index contributed by atoms with van der Waals surface area (Å²) in [5, 5.41) is 2.02. The average molecular weight is 367 g/mol. The maximum absolute atomic E-state index is 13.2. The number of anilines is 1. The molecule has 1 amide bonds. The van der Waals surface area contributed by atoms with Crippen molar-refractivity contribution in [3.05, 3.63) is 76.5 Å². The molecule has 1 aromatic heterocycles. The van der Waals surface area contributed by atoms with E-state index in [0.29, 0.717) is 24.5 Å². The van der Waals surface area contributed by atoms with E-state index in [1.54, 1.807) is 35.5 Å². The minimum Gasteiger partial charge on any atom is -0.497 e. The van der Waals surface area contributed by atoms with Crippen LogP contribution in [0.4, 0.5) is 5.69 Å². The van der Waals surface area contributed by atoms with Gasteiger partial charge in [-0.05, 0) is 60.8 Å². The number of benzene rings is 2. The topological polar surface area (TPSA) is 38.8 Å². The van der Waals surface area contributed by atoms with Gasteiger partial charge in [0.2, 0.25) is 0 Å². The number of amides is 1. The first kappa shape index (κ1) is 18.0. The van der Waals surface area contributed by atoms with Gasteiger partial charge in [0.05, 0.1) is 20.3 Å². The van der Waals surface area contributed by atoms with E-state index in [1.165, 1.54) is 0 Å². The quantitative estimate of drug-likeness (QED) is 0.590. The van der Waals surface area contributed by atoms with Crippen LogP contribution in [0.3, 0.4) is 0 Å². The number of carbonyl (C=O) groups excluding carboxylic acids is 1. The monoisotopic (exact) mass is 367 g/mol. The van der Waals surface area contributed by atoms with E-state index < -0.39 is 0 Å². The number of thiophene rings is 1. The van der Waals surface area contributed by atoms with Gasteiger partial charge in [-0.25, -0.2) is 0 Å². The molecule has 0 radical (unpaired) electrons. The maximum atomic E-state index is 13.2. The fraction of sp³-hybridized carbons (Fsp3) is 0.190. The average Bonchev–Trinajstić information content (AvgIpc) is 3.20. The molecule has 134 valence electrons. The first-order chi connectivity index (χ1) is 12.7. The Morgan fingerprint density at radius 3 is 2.50 bits per heavy atom. The van der Waals surface area contributed by atoms with Gasteiger partial charge in [-0.1, -0.05) is 12.1 Å². The molecule has 0 N–H and O–H groups in total. The molecule has 0 saturated heterocycles. The fourth-order valence-corrected chi connectivity index (χ4v) is 3.33. The predicted molar refractivity (Wildman–Crippen MR) is 105 cm³/mol. The van der Waals surface area contributed by atoms with Crippen LogP contribution in [-0.2, 0) is 6.54 Å². The second-order valence-corrected chi connectivity index (χ2v) is 6.66. The van der Waals surface area contributed by atoms with Crippen LogP contribution in [0, 0.1) is 0 Å². The molecule has 0 atom stereocenters. The highest BCUT2D eigenvalue weighted by Crippen LogP contribution is 2.25. The third-order valence-electron chi connectivity index (χ3n) is 3.92. The molecule has 0 spiro atoms. The van der Waals surface area contributed by atoms with Gasteiger partial charge in [-0.3, -0.25) is 4.79 Å². The van der Waals surface area contributed by atoms with E-state index in [2.05, 4.69) is 0 Å². The lowest BCUT2D eigenvalue weighted by Gasteiger charge is -2.23. The van der Waals surface area contributed by atoms with Crippen LogP contribution in [-0.4, -0.2) is 19.6 Å². The highest BCUT2D eigenvalue weighted by Gasteiger charge is 2.19. The van der Waals surface area contributed by atoms with Gasteiger partial charge in [0.1, 0.15) is 11.5 Å². The normalized spacial score (nSPS) is 10.4. The third-order valence-corrected chi connectivity index (χ3v) is 4.78. The lowest BCUT2D eigenvalue weighted by Crippen LogP contribution is -2.30. The zero-order valence-corrected chi connectivity index (χ0v) is 15.7. The zero-order chi connectivity index (χ0) is 18.4. The van der Waals surface area contributed by atoms with Crippen molar-refractivity contribution in [2.24, 2.45) is 0 Å². The molecule has 0 aliphatic carbocycles. The van der Waals surface area contributed by atoms with Crippen LogP contribution in [0.5, 0.6) is 11.5 Å². The third kappa shape index (κ3) is 4.24. The first-order valence-electron chi connectivity index (χ1n) is 8.42. The molecule has 3 rings (SSSR count). The smallest absolute Gasteiger partial charge is 0.258 e. The molecule has 5 heteroatoms. The molecule has 4 nitrogen and oxygen atoms in total. The Hall–Kier alpha value is -2.79. The molecule has 2 aromatic carbocycles. The van der Waals surface area contributed by atoms with Crippen molar-refractivity contribution in [3.63, 3.8) is 0 Å². The maximum Gasteiger partial charge on any atom is 0.258 e. The molecular formula is C21H21NO3S. The van der Waals surface area contributed by atoms with Gasteiger partial charge < -0.3 is 14.4 Å². The first-order valence-corrected chi connectivity index (χ1v) is 9.30. The molecule has 26 heavy (non-hydrogen) atoms. The summed E-state index contributed by atoms with van der Waals surface area (Å²) in [6.45, 7) is 3.08. The summed E-state index contributed by atoms with van der Waals surface area (Å²) < 4.78 is 10.8. The highest BCUT2D eigenvalue weighted by atomic mass is 32.1. The van der Waals surface area contributed by atoms with Crippen LogP contribution < -0.4 is 14.4 Å². The molecule has 0 fully saturated rings. The molecule has 0 aliphatic heterocycles. The van der Waals surface area contributed by atoms with Crippen molar-refractivity contribution in [2.45, 2.75) is 13.5 Å². The lowest BCUT2D eigenvalue weighted by atomic mass is 10.1. The van der Waals surface area contributed by atoms with Gasteiger partial charge in [0.25, 0.3) is 5.91 Å². The van der Waals surface area contributed by atoms with Crippen LogP contribution in [0.2, 0.25) is 0 Å². The molecule has 3 aromatic rings. The van der Waals surface area contributed by atoms with Gasteiger partial charge in [-0.15, -0.1) is 11.3 Å². The molecule has 0 aliphatic rings. The van der Waals surface area contributed by atoms with Gasteiger partial charge in [-0.2, -0.15) is 0 Å². The standard InChI is InChI=1S/C21H21NO3S/c1-3-25-18-11-9-17(10-12-18)22(15-20-8-5-13-26-20)21(23)16-6-4-7-19(14-16)24-2/h4-14H,3,15H2,1-2H3.